The van der Waals surface area contributed by atoms with Crippen LogP contribution in [0.1, 0.15) is 29.9 Å². The maximum Gasteiger partial charge on any atom is 0.288 e. The third kappa shape index (κ3) is 2.77. The lowest BCUT2D eigenvalue weighted by molar-refractivity contribution is -0.385. The Morgan fingerprint density at radius 1 is 1.47 bits per heavy atom. The van der Waals surface area contributed by atoms with Gasteiger partial charge in [-0.05, 0) is 20.8 Å². The van der Waals surface area contributed by atoms with Gasteiger partial charge in [-0.1, -0.05) is 0 Å². The van der Waals surface area contributed by atoms with Crippen LogP contribution < -0.4 is 0 Å². The smallest absolute Gasteiger partial charge is 0.288 e. The van der Waals surface area contributed by atoms with Crippen molar-refractivity contribution >= 4 is 11.6 Å². The van der Waals surface area contributed by atoms with Crippen LogP contribution >= 0.6 is 0 Å². The van der Waals surface area contributed by atoms with Crippen LogP contribution in [-0.4, -0.2) is 33.8 Å². The van der Waals surface area contributed by atoms with Crippen LogP contribution in [0.3, 0.4) is 0 Å². The Morgan fingerprint density at radius 2 is 2.06 bits per heavy atom. The normalized spacial score (nSPS) is 10.1. The van der Waals surface area contributed by atoms with Crippen LogP contribution in [0.25, 0.3) is 0 Å². The SMILES string of the molecule is CCN(CC)C(=O)c1cc([N+](=O)[O-])cnc1C. The number of carbonyl (C=O) groups is 1. The maximum absolute atomic E-state index is 12.1. The predicted molar refractivity (Wildman–Crippen MR) is 62.9 cm³/mol. The maximum atomic E-state index is 12.1. The standard InChI is InChI=1S/C11H15N3O3/c1-4-13(5-2)11(15)10-6-9(14(16)17)7-12-8(10)3/h6-7H,4-5H2,1-3H3. The van der Waals surface area contributed by atoms with E-state index in [0.717, 1.165) is 6.20 Å². The summed E-state index contributed by atoms with van der Waals surface area (Å²) in [7, 11) is 0. The number of aromatic nitrogens is 1. The fraction of sp³-hybridized carbons (Fsp3) is 0.455. The van der Waals surface area contributed by atoms with Crippen molar-refractivity contribution in [1.29, 1.82) is 0 Å². The summed E-state index contributed by atoms with van der Waals surface area (Å²) in [6, 6.07) is 1.28. The number of rotatable bonds is 4. The second-order valence-corrected chi connectivity index (χ2v) is 3.56. The molecule has 0 saturated heterocycles. The number of nitro groups is 1. The molecule has 0 saturated carbocycles. The summed E-state index contributed by atoms with van der Waals surface area (Å²) in [6.45, 7) is 6.53. The number of hydrogen-bond donors (Lipinski definition) is 0. The molecule has 17 heavy (non-hydrogen) atoms. The molecule has 0 bridgehead atoms. The summed E-state index contributed by atoms with van der Waals surface area (Å²) in [5.41, 5.74) is 0.640. The first-order chi connectivity index (χ1) is 8.01. The second-order valence-electron chi connectivity index (χ2n) is 3.56. The minimum absolute atomic E-state index is 0.161. The molecule has 0 fully saturated rings. The second kappa shape index (κ2) is 5.38. The predicted octanol–water partition coefficient (Wildman–Crippen LogP) is 1.78. The molecule has 0 spiro atoms. The van der Waals surface area contributed by atoms with Gasteiger partial charge in [0.2, 0.25) is 0 Å². The first kappa shape index (κ1) is 13.1. The molecule has 1 amide bonds. The van der Waals surface area contributed by atoms with E-state index in [1.165, 1.54) is 6.07 Å². The largest absolute Gasteiger partial charge is 0.339 e. The average Bonchev–Trinajstić information content (AvgIpc) is 2.30. The number of carbonyl (C=O) groups excluding carboxylic acids is 1. The van der Waals surface area contributed by atoms with Gasteiger partial charge in [0.1, 0.15) is 6.20 Å². The Morgan fingerprint density at radius 3 is 2.53 bits per heavy atom. The van der Waals surface area contributed by atoms with Crippen LogP contribution in [0, 0.1) is 17.0 Å². The van der Waals surface area contributed by atoms with Gasteiger partial charge in [-0.25, -0.2) is 0 Å². The molecule has 0 aliphatic rings. The minimum Gasteiger partial charge on any atom is -0.339 e. The van der Waals surface area contributed by atoms with E-state index in [1.54, 1.807) is 11.8 Å². The van der Waals surface area contributed by atoms with Gasteiger partial charge in [-0.2, -0.15) is 0 Å². The van der Waals surface area contributed by atoms with Gasteiger partial charge in [0, 0.05) is 19.2 Å². The van der Waals surface area contributed by atoms with Gasteiger partial charge in [0.05, 0.1) is 16.2 Å². The fourth-order valence-electron chi connectivity index (χ4n) is 1.52. The van der Waals surface area contributed by atoms with Gasteiger partial charge in [-0.15, -0.1) is 0 Å². The zero-order chi connectivity index (χ0) is 13.0. The van der Waals surface area contributed by atoms with Crippen molar-refractivity contribution < 1.29 is 9.72 Å². The first-order valence-corrected chi connectivity index (χ1v) is 5.41. The topological polar surface area (TPSA) is 76.3 Å². The number of nitrogens with zero attached hydrogens (tertiary/aromatic N) is 3. The van der Waals surface area contributed by atoms with E-state index in [4.69, 9.17) is 0 Å². The molecular weight excluding hydrogens is 222 g/mol. The lowest BCUT2D eigenvalue weighted by atomic mass is 10.1. The van der Waals surface area contributed by atoms with E-state index in [9.17, 15) is 14.9 Å². The molecule has 1 aromatic rings. The summed E-state index contributed by atoms with van der Waals surface area (Å²) in [4.78, 5) is 27.6. The molecule has 0 aliphatic carbocycles. The molecule has 0 N–H and O–H groups in total. The molecular formula is C11H15N3O3. The lowest BCUT2D eigenvalue weighted by Crippen LogP contribution is -2.31. The number of pyridine rings is 1. The molecule has 0 aromatic carbocycles. The quantitative estimate of drug-likeness (QED) is 0.590. The first-order valence-electron chi connectivity index (χ1n) is 5.41. The summed E-state index contributed by atoms with van der Waals surface area (Å²) in [5, 5.41) is 10.6. The summed E-state index contributed by atoms with van der Waals surface area (Å²) < 4.78 is 0. The van der Waals surface area contributed by atoms with E-state index in [-0.39, 0.29) is 11.6 Å². The molecule has 92 valence electrons. The third-order valence-electron chi connectivity index (χ3n) is 2.56. The van der Waals surface area contributed by atoms with Gasteiger partial charge in [-0.3, -0.25) is 19.9 Å². The molecule has 1 rings (SSSR count). The fourth-order valence-corrected chi connectivity index (χ4v) is 1.52. The zero-order valence-corrected chi connectivity index (χ0v) is 10.1. The van der Waals surface area contributed by atoms with Crippen LogP contribution in [0.5, 0.6) is 0 Å². The molecule has 0 radical (unpaired) electrons. The Balaban J connectivity index is 3.16. The van der Waals surface area contributed by atoms with Crippen LogP contribution in [0.4, 0.5) is 5.69 Å². The summed E-state index contributed by atoms with van der Waals surface area (Å²) in [5.74, 6) is -0.219. The van der Waals surface area contributed by atoms with Gasteiger partial charge >= 0.3 is 0 Å². The monoisotopic (exact) mass is 237 g/mol. The lowest BCUT2D eigenvalue weighted by Gasteiger charge is -2.19. The average molecular weight is 237 g/mol. The highest BCUT2D eigenvalue weighted by Gasteiger charge is 2.19. The van der Waals surface area contributed by atoms with Crippen LogP contribution in [0.2, 0.25) is 0 Å². The van der Waals surface area contributed by atoms with E-state index in [1.807, 2.05) is 13.8 Å². The third-order valence-corrected chi connectivity index (χ3v) is 2.56. The van der Waals surface area contributed by atoms with Gasteiger partial charge in [0.15, 0.2) is 0 Å². The Bertz CT molecular complexity index is 442. The Kier molecular flexibility index (Phi) is 4.14. The molecule has 0 atom stereocenters. The number of aryl methyl sites for hydroxylation is 1. The van der Waals surface area contributed by atoms with Crippen molar-refractivity contribution in [3.63, 3.8) is 0 Å². The Hall–Kier alpha value is -1.98. The molecule has 6 nitrogen and oxygen atoms in total. The van der Waals surface area contributed by atoms with E-state index in [2.05, 4.69) is 4.98 Å². The van der Waals surface area contributed by atoms with Crippen molar-refractivity contribution in [3.8, 4) is 0 Å². The molecule has 0 aliphatic heterocycles. The summed E-state index contributed by atoms with van der Waals surface area (Å²) in [6.07, 6.45) is 1.16. The van der Waals surface area contributed by atoms with E-state index < -0.39 is 4.92 Å². The number of hydrogen-bond acceptors (Lipinski definition) is 4. The van der Waals surface area contributed by atoms with Crippen molar-refractivity contribution in [2.45, 2.75) is 20.8 Å². The van der Waals surface area contributed by atoms with Gasteiger partial charge in [0.25, 0.3) is 11.6 Å². The van der Waals surface area contributed by atoms with Crippen molar-refractivity contribution in [1.82, 2.24) is 9.88 Å². The minimum atomic E-state index is -0.550. The van der Waals surface area contributed by atoms with Crippen molar-refractivity contribution in [2.24, 2.45) is 0 Å². The van der Waals surface area contributed by atoms with E-state index >= 15 is 0 Å². The van der Waals surface area contributed by atoms with Crippen LogP contribution in [0.15, 0.2) is 12.3 Å². The van der Waals surface area contributed by atoms with E-state index in [0.29, 0.717) is 24.3 Å². The van der Waals surface area contributed by atoms with Gasteiger partial charge < -0.3 is 4.90 Å². The molecule has 6 heteroatoms. The molecule has 1 aromatic heterocycles. The zero-order valence-electron chi connectivity index (χ0n) is 10.1. The highest BCUT2D eigenvalue weighted by atomic mass is 16.6. The Labute approximate surface area is 99.4 Å². The van der Waals surface area contributed by atoms with Crippen molar-refractivity contribution in [2.75, 3.05) is 13.1 Å². The highest BCUT2D eigenvalue weighted by Crippen LogP contribution is 2.16. The molecule has 0 unspecified atom stereocenters. The highest BCUT2D eigenvalue weighted by molar-refractivity contribution is 5.95. The summed E-state index contributed by atoms with van der Waals surface area (Å²) >= 11 is 0. The number of amides is 1. The van der Waals surface area contributed by atoms with Crippen molar-refractivity contribution in [3.05, 3.63) is 33.6 Å². The van der Waals surface area contributed by atoms with Crippen LogP contribution in [-0.2, 0) is 0 Å². The molecule has 1 heterocycles.